The molecule has 1 aromatic heterocycles. The molecule has 0 saturated heterocycles. The Morgan fingerprint density at radius 3 is 2.20 bits per heavy atom. The van der Waals surface area contributed by atoms with E-state index in [-0.39, 0.29) is 11.3 Å². The second-order valence-electron chi connectivity index (χ2n) is 5.37. The molecule has 2 aromatic rings. The van der Waals surface area contributed by atoms with E-state index >= 15 is 0 Å². The predicted octanol–water partition coefficient (Wildman–Crippen LogP) is 2.26. The average Bonchev–Trinajstić information content (AvgIpc) is 2.98. The molecule has 2 rings (SSSR count). The molecule has 0 aliphatic rings. The Morgan fingerprint density at radius 2 is 1.68 bits per heavy atom. The fraction of sp³-hybridized carbons (Fsp3) is 0.267. The van der Waals surface area contributed by atoms with Gasteiger partial charge in [0.15, 0.2) is 5.69 Å². The van der Waals surface area contributed by atoms with Crippen LogP contribution in [-0.4, -0.2) is 26.7 Å². The van der Waals surface area contributed by atoms with Gasteiger partial charge in [-0.1, -0.05) is 12.1 Å². The third-order valence-corrected chi connectivity index (χ3v) is 3.24. The number of hydrogen-bond acceptors (Lipinski definition) is 4. The molecule has 0 fully saturated rings. The lowest BCUT2D eigenvalue weighted by Crippen LogP contribution is -2.42. The number of para-hydroxylation sites is 1. The van der Waals surface area contributed by atoms with E-state index in [9.17, 15) is 27.9 Å². The number of aromatic nitrogens is 2. The van der Waals surface area contributed by atoms with E-state index in [4.69, 9.17) is 0 Å². The number of nitrogens with one attached hydrogen (secondary N) is 2. The third kappa shape index (κ3) is 3.90. The van der Waals surface area contributed by atoms with Crippen LogP contribution < -0.4 is 10.9 Å². The van der Waals surface area contributed by atoms with Crippen LogP contribution in [0.25, 0.3) is 0 Å². The molecule has 1 heterocycles. The molecule has 0 aliphatic carbocycles. The van der Waals surface area contributed by atoms with E-state index in [1.165, 1.54) is 38.1 Å². The van der Waals surface area contributed by atoms with E-state index in [2.05, 4.69) is 5.10 Å². The third-order valence-electron chi connectivity index (χ3n) is 3.24. The van der Waals surface area contributed by atoms with Crippen molar-refractivity contribution >= 4 is 11.8 Å². The van der Waals surface area contributed by atoms with Crippen molar-refractivity contribution in [3.63, 3.8) is 0 Å². The first-order valence-corrected chi connectivity index (χ1v) is 7.16. The lowest BCUT2D eigenvalue weighted by molar-refractivity contribution is -0.145. The number of carbonyl (C=O) groups is 2. The number of phenols is 1. The highest BCUT2D eigenvalue weighted by molar-refractivity contribution is 6.00. The van der Waals surface area contributed by atoms with E-state index in [1.807, 2.05) is 10.9 Å². The van der Waals surface area contributed by atoms with Gasteiger partial charge in [0.1, 0.15) is 5.75 Å². The lowest BCUT2D eigenvalue weighted by atomic mass is 10.2. The fourth-order valence-corrected chi connectivity index (χ4v) is 2.12. The number of hydrogen-bond donors (Lipinski definition) is 3. The van der Waals surface area contributed by atoms with E-state index in [1.54, 1.807) is 0 Å². The second kappa shape index (κ2) is 6.83. The Kier molecular flexibility index (Phi) is 5.00. The maximum absolute atomic E-state index is 13.2. The molecule has 0 unspecified atom stereocenters. The van der Waals surface area contributed by atoms with Crippen LogP contribution in [0.15, 0.2) is 30.5 Å². The normalized spacial score (nSPS) is 11.4. The van der Waals surface area contributed by atoms with Crippen LogP contribution in [0.2, 0.25) is 0 Å². The first-order valence-electron chi connectivity index (χ1n) is 7.16. The minimum atomic E-state index is -4.80. The van der Waals surface area contributed by atoms with Gasteiger partial charge >= 0.3 is 6.18 Å². The van der Waals surface area contributed by atoms with Crippen LogP contribution >= 0.6 is 0 Å². The first-order chi connectivity index (χ1) is 11.6. The number of halogens is 3. The summed E-state index contributed by atoms with van der Waals surface area (Å²) in [6.45, 7) is 2.98. The lowest BCUT2D eigenvalue weighted by Gasteiger charge is -2.15. The number of nitrogens with zero attached hydrogens (tertiary/aromatic N) is 2. The maximum Gasteiger partial charge on any atom is 0.433 e. The van der Waals surface area contributed by atoms with Gasteiger partial charge in [-0.05, 0) is 26.0 Å². The van der Waals surface area contributed by atoms with Crippen molar-refractivity contribution in [2.75, 3.05) is 0 Å². The summed E-state index contributed by atoms with van der Waals surface area (Å²) in [6.07, 6.45) is -4.01. The summed E-state index contributed by atoms with van der Waals surface area (Å²) >= 11 is 0. The van der Waals surface area contributed by atoms with Gasteiger partial charge in [0, 0.05) is 6.04 Å². The Hall–Kier alpha value is -3.04. The SMILES string of the molecule is CC(C)n1ncc(C(=O)NNC(=O)c2ccccc2O)c1C(F)(F)F. The number of rotatable bonds is 3. The van der Waals surface area contributed by atoms with Crippen LogP contribution in [0, 0.1) is 0 Å². The molecular formula is C15H15F3N4O3. The summed E-state index contributed by atoms with van der Waals surface area (Å²) in [4.78, 5) is 23.9. The molecule has 7 nitrogen and oxygen atoms in total. The van der Waals surface area contributed by atoms with Crippen molar-refractivity contribution in [1.29, 1.82) is 0 Å². The van der Waals surface area contributed by atoms with Gasteiger partial charge in [-0.3, -0.25) is 25.1 Å². The Morgan fingerprint density at radius 1 is 1.12 bits per heavy atom. The van der Waals surface area contributed by atoms with E-state index < -0.39 is 35.3 Å². The topological polar surface area (TPSA) is 96.3 Å². The molecule has 134 valence electrons. The number of carbonyl (C=O) groups excluding carboxylic acids is 2. The van der Waals surface area contributed by atoms with Crippen molar-refractivity contribution < 1.29 is 27.9 Å². The van der Waals surface area contributed by atoms with Gasteiger partial charge < -0.3 is 5.11 Å². The minimum absolute atomic E-state index is 0.142. The molecule has 25 heavy (non-hydrogen) atoms. The molecule has 1 aromatic carbocycles. The second-order valence-corrected chi connectivity index (χ2v) is 5.37. The van der Waals surface area contributed by atoms with Gasteiger partial charge in [0.25, 0.3) is 11.8 Å². The zero-order valence-electron chi connectivity index (χ0n) is 13.3. The Labute approximate surface area is 140 Å². The zero-order valence-corrected chi connectivity index (χ0v) is 13.3. The first kappa shape index (κ1) is 18.3. The maximum atomic E-state index is 13.2. The standard InChI is InChI=1S/C15H15F3N4O3/c1-8(2)22-12(15(16,17)18)10(7-19-22)14(25)21-20-13(24)9-5-3-4-6-11(9)23/h3-8,23H,1-2H3,(H,20,24)(H,21,25). The fourth-order valence-electron chi connectivity index (χ4n) is 2.12. The van der Waals surface area contributed by atoms with Gasteiger partial charge in [-0.2, -0.15) is 18.3 Å². The average molecular weight is 356 g/mol. The molecule has 0 bridgehead atoms. The Balaban J connectivity index is 2.19. The van der Waals surface area contributed by atoms with Gasteiger partial charge in [0.05, 0.1) is 17.3 Å². The molecule has 3 N–H and O–H groups in total. The van der Waals surface area contributed by atoms with Gasteiger partial charge in [0.2, 0.25) is 0 Å². The van der Waals surface area contributed by atoms with Crippen LogP contribution in [-0.2, 0) is 6.18 Å². The van der Waals surface area contributed by atoms with Crippen molar-refractivity contribution in [3.8, 4) is 5.75 Å². The highest BCUT2D eigenvalue weighted by Gasteiger charge is 2.40. The van der Waals surface area contributed by atoms with E-state index in [0.717, 1.165) is 6.20 Å². The summed E-state index contributed by atoms with van der Waals surface area (Å²) in [5.74, 6) is -2.39. The van der Waals surface area contributed by atoms with Gasteiger partial charge in [-0.15, -0.1) is 0 Å². The summed E-state index contributed by atoms with van der Waals surface area (Å²) in [6, 6.07) is 4.89. The smallest absolute Gasteiger partial charge is 0.433 e. The molecule has 0 aliphatic heterocycles. The molecule has 0 atom stereocenters. The number of phenolic OH excluding ortho intramolecular Hbond substituents is 1. The highest BCUT2D eigenvalue weighted by atomic mass is 19.4. The summed E-state index contributed by atoms with van der Waals surface area (Å²) in [5, 5.41) is 13.1. The molecule has 0 saturated carbocycles. The quantitative estimate of drug-likeness (QED) is 0.735. The molecule has 2 amide bonds. The minimum Gasteiger partial charge on any atom is -0.507 e. The summed E-state index contributed by atoms with van der Waals surface area (Å²) in [7, 11) is 0. The van der Waals surface area contributed by atoms with Crippen molar-refractivity contribution in [1.82, 2.24) is 20.6 Å². The van der Waals surface area contributed by atoms with Crippen LogP contribution in [0.4, 0.5) is 13.2 Å². The number of benzene rings is 1. The van der Waals surface area contributed by atoms with Gasteiger partial charge in [-0.25, -0.2) is 0 Å². The van der Waals surface area contributed by atoms with Crippen LogP contribution in [0.3, 0.4) is 0 Å². The highest BCUT2D eigenvalue weighted by Crippen LogP contribution is 2.33. The van der Waals surface area contributed by atoms with E-state index in [0.29, 0.717) is 4.68 Å². The molecule has 10 heteroatoms. The van der Waals surface area contributed by atoms with Crippen molar-refractivity contribution in [3.05, 3.63) is 47.3 Å². The van der Waals surface area contributed by atoms with Crippen LogP contribution in [0.5, 0.6) is 5.75 Å². The molecule has 0 radical (unpaired) electrons. The monoisotopic (exact) mass is 356 g/mol. The molecule has 0 spiro atoms. The molecular weight excluding hydrogens is 341 g/mol. The Bertz CT molecular complexity index is 800. The largest absolute Gasteiger partial charge is 0.507 e. The summed E-state index contributed by atoms with van der Waals surface area (Å²) in [5.41, 5.74) is 1.76. The summed E-state index contributed by atoms with van der Waals surface area (Å²) < 4.78 is 40.3. The van der Waals surface area contributed by atoms with Crippen molar-refractivity contribution in [2.45, 2.75) is 26.1 Å². The van der Waals surface area contributed by atoms with Crippen LogP contribution in [0.1, 0.15) is 46.3 Å². The number of alkyl halides is 3. The van der Waals surface area contributed by atoms with Crippen molar-refractivity contribution in [2.24, 2.45) is 0 Å². The zero-order chi connectivity index (χ0) is 18.8. The number of hydrazine groups is 1. The number of aromatic hydroxyl groups is 1. The predicted molar refractivity (Wildman–Crippen MR) is 80.7 cm³/mol. The number of amides is 2.